The van der Waals surface area contributed by atoms with Crippen LogP contribution in [0.25, 0.3) is 0 Å². The van der Waals surface area contributed by atoms with Crippen molar-refractivity contribution in [3.63, 3.8) is 0 Å². The fourth-order valence-electron chi connectivity index (χ4n) is 0. The Morgan fingerprint density at radius 2 is 0.882 bits per heavy atom. The molecule has 0 atom stereocenters. The Balaban J connectivity index is -0.0000000369. The van der Waals surface area contributed by atoms with Crippen molar-refractivity contribution in [1.29, 1.82) is 0 Å². The molecule has 0 saturated carbocycles. The second-order valence-corrected chi connectivity index (χ2v) is 5.70. The van der Waals surface area contributed by atoms with E-state index in [1.807, 2.05) is 0 Å². The van der Waals surface area contributed by atoms with E-state index in [-0.39, 0.29) is 29.7 Å². The summed E-state index contributed by atoms with van der Waals surface area (Å²) in [6.45, 7) is 15.5. The molecule has 0 amide bonds. The first-order valence-electron chi connectivity index (χ1n) is 4.52. The molecule has 0 aliphatic heterocycles. The molecule has 17 heavy (non-hydrogen) atoms. The maximum Gasteiger partial charge on any atom is 4.00 e. The Labute approximate surface area is 143 Å². The third-order valence-electron chi connectivity index (χ3n) is 0. The molecule has 4 N–H and O–H groups in total. The third-order valence-corrected chi connectivity index (χ3v) is 0. The maximum atomic E-state index is 4.66. The van der Waals surface area contributed by atoms with Crippen LogP contribution in [0.2, 0.25) is 0 Å². The van der Waals surface area contributed by atoms with Crippen LogP contribution in [0, 0.1) is 25.7 Å². The third kappa shape index (κ3) is 4550. The van der Waals surface area contributed by atoms with Crippen LogP contribution in [0.15, 0.2) is 0 Å². The van der Waals surface area contributed by atoms with Gasteiger partial charge in [0.1, 0.15) is 0 Å². The van der Waals surface area contributed by atoms with Crippen LogP contribution in [-0.2, 0) is 46.3 Å². The minimum Gasteiger partial charge on any atom is -0.415 e. The van der Waals surface area contributed by atoms with Crippen molar-refractivity contribution in [2.24, 2.45) is 23.3 Å². The summed E-state index contributed by atoms with van der Waals surface area (Å²) in [6, 6.07) is 0. The second kappa shape index (κ2) is 25.7. The second-order valence-electron chi connectivity index (χ2n) is 3.43. The zero-order chi connectivity index (χ0) is 14.3. The van der Waals surface area contributed by atoms with E-state index in [9.17, 15) is 0 Å². The average molecular weight is 395 g/mol. The van der Waals surface area contributed by atoms with Gasteiger partial charge in [0, 0.05) is 0 Å². The van der Waals surface area contributed by atoms with Crippen molar-refractivity contribution in [2.75, 3.05) is 0 Å². The van der Waals surface area contributed by atoms with Gasteiger partial charge in [-0.15, -0.1) is 0 Å². The number of rotatable bonds is 0. The molecule has 0 aromatic rings. The summed E-state index contributed by atoms with van der Waals surface area (Å²) in [6.07, 6.45) is 0. The van der Waals surface area contributed by atoms with E-state index in [0.29, 0.717) is 11.8 Å². The summed E-state index contributed by atoms with van der Waals surface area (Å²) >= 11 is 16.5. The first kappa shape index (κ1) is 30.7. The van der Waals surface area contributed by atoms with Crippen LogP contribution < -0.4 is 11.5 Å². The number of thiocarbonyl (C=S) groups is 2. The van der Waals surface area contributed by atoms with Crippen molar-refractivity contribution in [3.05, 3.63) is 13.8 Å². The Hall–Kier alpha value is 0.908. The largest absolute Gasteiger partial charge is 4.00 e. The molecule has 0 aromatic heterocycles. The van der Waals surface area contributed by atoms with Crippen molar-refractivity contribution in [3.8, 4) is 0 Å². The van der Waals surface area contributed by atoms with Crippen LogP contribution in [-0.4, -0.2) is 8.64 Å². The van der Waals surface area contributed by atoms with Crippen molar-refractivity contribution >= 4 is 58.3 Å². The summed E-state index contributed by atoms with van der Waals surface area (Å²) in [5, 5.41) is 0. The zero-order valence-corrected chi connectivity index (χ0v) is 16.0. The number of hydrogen-bond donors (Lipinski definition) is 2. The molecule has 0 fully saturated rings. The summed E-state index contributed by atoms with van der Waals surface area (Å²) < 4.78 is 0.167. The Kier molecular flexibility index (Phi) is 46.4. The van der Waals surface area contributed by atoms with Crippen LogP contribution in [0.1, 0.15) is 27.7 Å². The van der Waals surface area contributed by atoms with Crippen LogP contribution in [0.5, 0.6) is 0 Å². The van der Waals surface area contributed by atoms with Crippen LogP contribution in [0.4, 0.5) is 0 Å². The van der Waals surface area contributed by atoms with Crippen LogP contribution >= 0.6 is 24.4 Å². The van der Waals surface area contributed by atoms with Gasteiger partial charge in [-0.1, -0.05) is 36.3 Å². The fourth-order valence-corrected chi connectivity index (χ4v) is 0. The standard InChI is InChI=1S/2C4H9.2CH3NS2.Mo/c2*1-4(2)3;2*2-1(3)4;/h2*4H,1H2,2-3H3;2*(H3,2,3,4);/q2*-1;;;+4/p-2. The quantitative estimate of drug-likeness (QED) is 0.285. The summed E-state index contributed by atoms with van der Waals surface area (Å²) in [5.41, 5.74) is 9.31. The van der Waals surface area contributed by atoms with E-state index in [2.05, 4.69) is 103 Å². The molecule has 0 aromatic carbocycles. The van der Waals surface area contributed by atoms with Gasteiger partial charge in [0.25, 0.3) is 0 Å². The van der Waals surface area contributed by atoms with E-state index >= 15 is 0 Å². The SMILES string of the molecule is NC(=S)[S-].NC(=S)[S-].[CH2-]C(C)C.[CH2-]C(C)C.[Mo+4]. The Morgan fingerprint density at radius 3 is 0.882 bits per heavy atom. The Bertz CT molecular complexity index is 133. The first-order valence-corrected chi connectivity index (χ1v) is 6.15. The minimum absolute atomic E-state index is 0. The summed E-state index contributed by atoms with van der Waals surface area (Å²) in [4.78, 5) is 0. The number of nitrogens with two attached hydrogens (primary N) is 2. The molecule has 0 unspecified atom stereocenters. The summed E-state index contributed by atoms with van der Waals surface area (Å²) in [7, 11) is 0. The molecule has 2 nitrogen and oxygen atoms in total. The molecule has 102 valence electrons. The van der Waals surface area contributed by atoms with Crippen molar-refractivity contribution in [1.82, 2.24) is 0 Å². The zero-order valence-electron chi connectivity index (χ0n) is 10.8. The van der Waals surface area contributed by atoms with Gasteiger partial charge >= 0.3 is 21.1 Å². The van der Waals surface area contributed by atoms with E-state index < -0.39 is 0 Å². The molecule has 0 saturated heterocycles. The Morgan fingerprint density at radius 1 is 0.882 bits per heavy atom. The first-order chi connectivity index (χ1) is 6.93. The normalized spacial score (nSPS) is 7.06. The molecular weight excluding hydrogens is 372 g/mol. The molecule has 0 aliphatic carbocycles. The van der Waals surface area contributed by atoms with Gasteiger partial charge in [-0.2, -0.15) is 11.8 Å². The molecule has 0 heterocycles. The van der Waals surface area contributed by atoms with Crippen molar-refractivity contribution in [2.45, 2.75) is 27.7 Å². The smallest absolute Gasteiger partial charge is 0.415 e. The van der Waals surface area contributed by atoms with Crippen LogP contribution in [0.3, 0.4) is 0 Å². The van der Waals surface area contributed by atoms with Gasteiger partial charge in [0.2, 0.25) is 0 Å². The maximum absolute atomic E-state index is 4.66. The van der Waals surface area contributed by atoms with E-state index in [0.717, 1.165) is 0 Å². The molecule has 0 spiro atoms. The van der Waals surface area contributed by atoms with Gasteiger partial charge in [-0.25, -0.2) is 0 Å². The van der Waals surface area contributed by atoms with Gasteiger partial charge in [-0.3, -0.25) is 0 Å². The monoisotopic (exact) mass is 396 g/mol. The summed E-state index contributed by atoms with van der Waals surface area (Å²) in [5.74, 6) is 1.17. The van der Waals surface area contributed by atoms with Gasteiger partial charge in [0.15, 0.2) is 0 Å². The van der Waals surface area contributed by atoms with E-state index in [4.69, 9.17) is 0 Å². The van der Waals surface area contributed by atoms with Gasteiger partial charge < -0.3 is 75.0 Å². The molecule has 0 bridgehead atoms. The number of hydrogen-bond acceptors (Lipinski definition) is 4. The molecule has 7 heteroatoms. The predicted octanol–water partition coefficient (Wildman–Crippen LogP) is 2.50. The molecule has 0 radical (unpaired) electrons. The van der Waals surface area contributed by atoms with Crippen molar-refractivity contribution < 1.29 is 21.1 Å². The molecule has 0 aliphatic rings. The topological polar surface area (TPSA) is 52.0 Å². The molecule has 0 rings (SSSR count). The van der Waals surface area contributed by atoms with Gasteiger partial charge in [0.05, 0.1) is 0 Å². The van der Waals surface area contributed by atoms with E-state index in [1.165, 1.54) is 0 Å². The minimum atomic E-state index is 0. The van der Waals surface area contributed by atoms with E-state index in [1.54, 1.807) is 0 Å². The fraction of sp³-hybridized carbons (Fsp3) is 0.600. The van der Waals surface area contributed by atoms with Gasteiger partial charge in [-0.05, 0) is 0 Å². The predicted molar refractivity (Wildman–Crippen MR) is 88.7 cm³/mol. The molecular formula is C10H22MoN2S4. The average Bonchev–Trinajstić information content (AvgIpc) is 1.76.